The second-order valence-corrected chi connectivity index (χ2v) is 5.88. The van der Waals surface area contributed by atoms with E-state index in [1.807, 2.05) is 6.07 Å². The zero-order chi connectivity index (χ0) is 14.4. The summed E-state index contributed by atoms with van der Waals surface area (Å²) in [5.41, 5.74) is 1.83. The van der Waals surface area contributed by atoms with Crippen molar-refractivity contribution < 1.29 is 8.78 Å². The summed E-state index contributed by atoms with van der Waals surface area (Å²) in [5, 5.41) is 0. The van der Waals surface area contributed by atoms with Crippen LogP contribution >= 0.6 is 0 Å². The maximum absolute atomic E-state index is 14.1. The second-order valence-electron chi connectivity index (χ2n) is 5.88. The normalized spacial score (nSPS) is 23.4. The van der Waals surface area contributed by atoms with Gasteiger partial charge in [0.2, 0.25) is 0 Å². The van der Waals surface area contributed by atoms with Gasteiger partial charge in [0.25, 0.3) is 0 Å². The lowest BCUT2D eigenvalue weighted by Crippen LogP contribution is -2.13. The topological polar surface area (TPSA) is 0 Å². The standard InChI is InChI=1S/C18H24F2/c1-2-14-6-8-15(9-7-14)17-11-10-16(18(20)13-17)5-3-4-12-19/h4,10-15H,2-3,5-9H2,1H3/b12-4+. The van der Waals surface area contributed by atoms with Crippen molar-refractivity contribution in [1.29, 1.82) is 0 Å². The lowest BCUT2D eigenvalue weighted by Gasteiger charge is -2.28. The molecule has 0 spiro atoms. The second kappa shape index (κ2) is 7.56. The Kier molecular flexibility index (Phi) is 5.75. The molecule has 1 aromatic carbocycles. The van der Waals surface area contributed by atoms with E-state index in [1.165, 1.54) is 38.2 Å². The van der Waals surface area contributed by atoms with Crippen molar-refractivity contribution in [1.82, 2.24) is 0 Å². The highest BCUT2D eigenvalue weighted by Gasteiger charge is 2.21. The Morgan fingerprint density at radius 3 is 2.55 bits per heavy atom. The molecule has 0 aliphatic heterocycles. The van der Waals surface area contributed by atoms with Crippen molar-refractivity contribution in [3.8, 4) is 0 Å². The van der Waals surface area contributed by atoms with Gasteiger partial charge in [-0.1, -0.05) is 31.6 Å². The van der Waals surface area contributed by atoms with Crippen LogP contribution in [0, 0.1) is 11.7 Å². The third-order valence-corrected chi connectivity index (χ3v) is 4.64. The Morgan fingerprint density at radius 1 is 1.20 bits per heavy atom. The summed E-state index contributed by atoms with van der Waals surface area (Å²) >= 11 is 0. The molecule has 2 heteroatoms. The van der Waals surface area contributed by atoms with Crippen LogP contribution in [0.4, 0.5) is 8.78 Å². The minimum Gasteiger partial charge on any atom is -0.216 e. The van der Waals surface area contributed by atoms with Crippen molar-refractivity contribution in [2.45, 2.75) is 57.8 Å². The predicted molar refractivity (Wildman–Crippen MR) is 80.0 cm³/mol. The molecule has 0 heterocycles. The molecule has 1 aliphatic carbocycles. The molecule has 0 nitrogen and oxygen atoms in total. The Morgan fingerprint density at radius 2 is 1.95 bits per heavy atom. The van der Waals surface area contributed by atoms with Gasteiger partial charge in [0.05, 0.1) is 6.33 Å². The summed E-state index contributed by atoms with van der Waals surface area (Å²) in [6.07, 6.45) is 9.24. The van der Waals surface area contributed by atoms with Crippen LogP contribution in [0.2, 0.25) is 0 Å². The van der Waals surface area contributed by atoms with Crippen LogP contribution < -0.4 is 0 Å². The van der Waals surface area contributed by atoms with Gasteiger partial charge in [-0.25, -0.2) is 8.78 Å². The van der Waals surface area contributed by atoms with Crippen molar-refractivity contribution in [3.05, 3.63) is 47.5 Å². The largest absolute Gasteiger partial charge is 0.216 e. The molecule has 0 atom stereocenters. The number of allylic oxidation sites excluding steroid dienone is 1. The molecule has 20 heavy (non-hydrogen) atoms. The number of aryl methyl sites for hydroxylation is 1. The molecule has 1 saturated carbocycles. The quantitative estimate of drug-likeness (QED) is 0.626. The van der Waals surface area contributed by atoms with Crippen LogP contribution in [0.5, 0.6) is 0 Å². The molecule has 0 unspecified atom stereocenters. The highest BCUT2D eigenvalue weighted by atomic mass is 19.1. The van der Waals surface area contributed by atoms with E-state index in [-0.39, 0.29) is 5.82 Å². The molecule has 1 fully saturated rings. The molecular weight excluding hydrogens is 254 g/mol. The average molecular weight is 278 g/mol. The lowest BCUT2D eigenvalue weighted by atomic mass is 9.77. The molecule has 0 bridgehead atoms. The maximum atomic E-state index is 14.1. The van der Waals surface area contributed by atoms with E-state index in [1.54, 1.807) is 6.07 Å². The summed E-state index contributed by atoms with van der Waals surface area (Å²) in [4.78, 5) is 0. The van der Waals surface area contributed by atoms with Gasteiger partial charge < -0.3 is 0 Å². The van der Waals surface area contributed by atoms with Crippen LogP contribution in [0.15, 0.2) is 30.6 Å². The van der Waals surface area contributed by atoms with Crippen molar-refractivity contribution >= 4 is 0 Å². The number of hydrogen-bond acceptors (Lipinski definition) is 0. The zero-order valence-corrected chi connectivity index (χ0v) is 12.2. The van der Waals surface area contributed by atoms with E-state index in [0.717, 1.165) is 11.5 Å². The molecule has 0 N–H and O–H groups in total. The number of hydrogen-bond donors (Lipinski definition) is 0. The Labute approximate surface area is 120 Å². The van der Waals surface area contributed by atoms with Crippen molar-refractivity contribution in [3.63, 3.8) is 0 Å². The number of halogens is 2. The molecule has 110 valence electrons. The Balaban J connectivity index is 1.98. The molecule has 2 rings (SSSR count). The van der Waals surface area contributed by atoms with Crippen LogP contribution in [-0.4, -0.2) is 0 Å². The van der Waals surface area contributed by atoms with E-state index in [9.17, 15) is 8.78 Å². The fourth-order valence-electron chi connectivity index (χ4n) is 3.23. The third kappa shape index (κ3) is 3.91. The first-order valence-electron chi connectivity index (χ1n) is 7.78. The molecule has 1 aliphatic rings. The predicted octanol–water partition coefficient (Wildman–Crippen LogP) is 5.93. The Bertz CT molecular complexity index is 443. The fourth-order valence-corrected chi connectivity index (χ4v) is 3.23. The summed E-state index contributed by atoms with van der Waals surface area (Å²) < 4.78 is 25.9. The Hall–Kier alpha value is -1.18. The first kappa shape index (κ1) is 15.2. The van der Waals surface area contributed by atoms with E-state index in [2.05, 4.69) is 13.0 Å². The van der Waals surface area contributed by atoms with Crippen LogP contribution in [0.25, 0.3) is 0 Å². The van der Waals surface area contributed by atoms with Gasteiger partial charge in [0.15, 0.2) is 0 Å². The first-order valence-corrected chi connectivity index (χ1v) is 7.78. The van der Waals surface area contributed by atoms with Gasteiger partial charge >= 0.3 is 0 Å². The summed E-state index contributed by atoms with van der Waals surface area (Å²) in [6, 6.07) is 5.64. The highest BCUT2D eigenvalue weighted by molar-refractivity contribution is 5.27. The zero-order valence-electron chi connectivity index (χ0n) is 12.2. The molecule has 0 aromatic heterocycles. The first-order chi connectivity index (χ1) is 9.74. The minimum atomic E-state index is -0.132. The van der Waals surface area contributed by atoms with Gasteiger partial charge in [-0.05, 0) is 67.6 Å². The minimum absolute atomic E-state index is 0.132. The summed E-state index contributed by atoms with van der Waals surface area (Å²) in [7, 11) is 0. The van der Waals surface area contributed by atoms with Crippen LogP contribution in [0.3, 0.4) is 0 Å². The summed E-state index contributed by atoms with van der Waals surface area (Å²) in [6.45, 7) is 2.26. The van der Waals surface area contributed by atoms with Gasteiger partial charge in [0, 0.05) is 0 Å². The van der Waals surface area contributed by atoms with Gasteiger partial charge in [0.1, 0.15) is 5.82 Å². The molecule has 1 aromatic rings. The smallest absolute Gasteiger partial charge is 0.126 e. The van der Waals surface area contributed by atoms with Crippen LogP contribution in [0.1, 0.15) is 62.5 Å². The highest BCUT2D eigenvalue weighted by Crippen LogP contribution is 2.37. The van der Waals surface area contributed by atoms with E-state index in [0.29, 0.717) is 30.7 Å². The van der Waals surface area contributed by atoms with Gasteiger partial charge in [-0.2, -0.15) is 0 Å². The number of benzene rings is 1. The van der Waals surface area contributed by atoms with E-state index >= 15 is 0 Å². The molecule has 0 saturated heterocycles. The van der Waals surface area contributed by atoms with Crippen LogP contribution in [-0.2, 0) is 6.42 Å². The number of rotatable bonds is 5. The van der Waals surface area contributed by atoms with E-state index < -0.39 is 0 Å². The maximum Gasteiger partial charge on any atom is 0.126 e. The SMILES string of the molecule is CCC1CCC(c2ccc(CC/C=C/F)c(F)c2)CC1. The molecule has 0 amide bonds. The summed E-state index contributed by atoms with van der Waals surface area (Å²) in [5.74, 6) is 1.25. The fraction of sp³-hybridized carbons (Fsp3) is 0.556. The van der Waals surface area contributed by atoms with Gasteiger partial charge in [-0.15, -0.1) is 0 Å². The monoisotopic (exact) mass is 278 g/mol. The van der Waals surface area contributed by atoms with E-state index in [4.69, 9.17) is 0 Å². The van der Waals surface area contributed by atoms with Crippen molar-refractivity contribution in [2.75, 3.05) is 0 Å². The third-order valence-electron chi connectivity index (χ3n) is 4.64. The average Bonchev–Trinajstić information content (AvgIpc) is 2.49. The molecular formula is C18H24F2. The van der Waals surface area contributed by atoms with Gasteiger partial charge in [-0.3, -0.25) is 0 Å². The molecule has 0 radical (unpaired) electrons. The lowest BCUT2D eigenvalue weighted by molar-refractivity contribution is 0.318. The van der Waals surface area contributed by atoms with Crippen molar-refractivity contribution in [2.24, 2.45) is 5.92 Å².